The SMILES string of the molecule is Cc1[nH]c2sccc2c1C(O)c1cccc2ccccc12. The van der Waals surface area contributed by atoms with Crippen molar-refractivity contribution < 1.29 is 5.11 Å². The van der Waals surface area contributed by atoms with Crippen molar-refractivity contribution in [2.24, 2.45) is 0 Å². The Morgan fingerprint density at radius 2 is 1.81 bits per heavy atom. The fourth-order valence-corrected chi connectivity index (χ4v) is 3.91. The molecule has 3 heteroatoms. The van der Waals surface area contributed by atoms with Gasteiger partial charge in [0.15, 0.2) is 0 Å². The van der Waals surface area contributed by atoms with E-state index >= 15 is 0 Å². The minimum absolute atomic E-state index is 0.612. The zero-order valence-electron chi connectivity index (χ0n) is 11.6. The van der Waals surface area contributed by atoms with E-state index in [2.05, 4.69) is 34.6 Å². The fourth-order valence-electron chi connectivity index (χ4n) is 3.05. The summed E-state index contributed by atoms with van der Waals surface area (Å²) in [6, 6.07) is 16.4. The second kappa shape index (κ2) is 4.72. The summed E-state index contributed by atoms with van der Waals surface area (Å²) in [6.45, 7) is 2.02. The first-order valence-corrected chi connectivity index (χ1v) is 7.85. The van der Waals surface area contributed by atoms with Crippen LogP contribution in [-0.4, -0.2) is 10.1 Å². The first-order valence-electron chi connectivity index (χ1n) is 6.97. The van der Waals surface area contributed by atoms with Gasteiger partial charge in [-0.05, 0) is 34.7 Å². The third-order valence-electron chi connectivity index (χ3n) is 4.05. The number of H-pyrrole nitrogens is 1. The van der Waals surface area contributed by atoms with E-state index in [1.807, 2.05) is 31.2 Å². The van der Waals surface area contributed by atoms with Crippen LogP contribution in [0.25, 0.3) is 21.0 Å². The molecular formula is C18H15NOS. The number of fused-ring (bicyclic) bond motifs is 2. The molecule has 0 aliphatic heterocycles. The molecule has 2 aromatic heterocycles. The molecule has 1 atom stereocenters. The lowest BCUT2D eigenvalue weighted by atomic mass is 9.95. The molecule has 0 amide bonds. The number of rotatable bonds is 2. The van der Waals surface area contributed by atoms with Gasteiger partial charge < -0.3 is 10.1 Å². The van der Waals surface area contributed by atoms with Crippen LogP contribution < -0.4 is 0 Å². The molecular weight excluding hydrogens is 278 g/mol. The third-order valence-corrected chi connectivity index (χ3v) is 4.88. The molecule has 4 rings (SSSR count). The maximum atomic E-state index is 11.0. The molecule has 0 bridgehead atoms. The van der Waals surface area contributed by atoms with Gasteiger partial charge in [-0.3, -0.25) is 0 Å². The van der Waals surface area contributed by atoms with Gasteiger partial charge in [0.25, 0.3) is 0 Å². The second-order valence-electron chi connectivity index (χ2n) is 5.30. The van der Waals surface area contributed by atoms with Gasteiger partial charge in [0.1, 0.15) is 10.9 Å². The minimum Gasteiger partial charge on any atom is -0.384 e. The lowest BCUT2D eigenvalue weighted by Crippen LogP contribution is -2.01. The van der Waals surface area contributed by atoms with Crippen molar-refractivity contribution in [1.29, 1.82) is 0 Å². The molecule has 2 nitrogen and oxygen atoms in total. The number of hydrogen-bond donors (Lipinski definition) is 2. The number of aromatic nitrogens is 1. The topological polar surface area (TPSA) is 36.0 Å². The van der Waals surface area contributed by atoms with Crippen LogP contribution >= 0.6 is 11.3 Å². The third kappa shape index (κ3) is 1.89. The average Bonchev–Trinajstić information content (AvgIpc) is 3.06. The highest BCUT2D eigenvalue weighted by molar-refractivity contribution is 7.16. The van der Waals surface area contributed by atoms with Gasteiger partial charge in [-0.1, -0.05) is 42.5 Å². The van der Waals surface area contributed by atoms with E-state index in [0.29, 0.717) is 0 Å². The van der Waals surface area contributed by atoms with E-state index in [9.17, 15) is 5.11 Å². The summed E-state index contributed by atoms with van der Waals surface area (Å²) in [5.74, 6) is 0. The molecule has 21 heavy (non-hydrogen) atoms. The Labute approximate surface area is 126 Å². The summed E-state index contributed by atoms with van der Waals surface area (Å²) in [5, 5.41) is 16.4. The average molecular weight is 293 g/mol. The highest BCUT2D eigenvalue weighted by atomic mass is 32.1. The Hall–Kier alpha value is -2.10. The van der Waals surface area contributed by atoms with Crippen LogP contribution in [0.2, 0.25) is 0 Å². The Morgan fingerprint density at radius 1 is 1.00 bits per heavy atom. The van der Waals surface area contributed by atoms with Crippen LogP contribution in [0.1, 0.15) is 22.9 Å². The van der Waals surface area contributed by atoms with Gasteiger partial charge in [-0.25, -0.2) is 0 Å². The van der Waals surface area contributed by atoms with Crippen molar-refractivity contribution in [1.82, 2.24) is 4.98 Å². The van der Waals surface area contributed by atoms with Crippen LogP contribution in [0, 0.1) is 6.92 Å². The number of hydrogen-bond acceptors (Lipinski definition) is 2. The first kappa shape index (κ1) is 12.6. The molecule has 2 heterocycles. The monoisotopic (exact) mass is 293 g/mol. The van der Waals surface area contributed by atoms with Crippen LogP contribution in [0.3, 0.4) is 0 Å². The number of thiophene rings is 1. The normalized spacial score (nSPS) is 13.0. The lowest BCUT2D eigenvalue weighted by molar-refractivity contribution is 0.222. The number of aryl methyl sites for hydroxylation is 1. The van der Waals surface area contributed by atoms with Gasteiger partial charge in [0.05, 0.1) is 0 Å². The summed E-state index contributed by atoms with van der Waals surface area (Å²) in [5.41, 5.74) is 2.99. The molecule has 0 radical (unpaired) electrons. The number of aromatic amines is 1. The Bertz CT molecular complexity index is 929. The summed E-state index contributed by atoms with van der Waals surface area (Å²) in [4.78, 5) is 4.49. The van der Waals surface area contributed by atoms with E-state index in [-0.39, 0.29) is 0 Å². The largest absolute Gasteiger partial charge is 0.384 e. The summed E-state index contributed by atoms with van der Waals surface area (Å²) in [7, 11) is 0. The number of aliphatic hydroxyl groups excluding tert-OH is 1. The highest BCUT2D eigenvalue weighted by Gasteiger charge is 2.20. The fraction of sp³-hybridized carbons (Fsp3) is 0.111. The van der Waals surface area contributed by atoms with Crippen molar-refractivity contribution in [2.45, 2.75) is 13.0 Å². The molecule has 4 aromatic rings. The van der Waals surface area contributed by atoms with Crippen molar-refractivity contribution in [3.8, 4) is 0 Å². The minimum atomic E-state index is -0.612. The van der Waals surface area contributed by atoms with E-state index in [0.717, 1.165) is 37.8 Å². The second-order valence-corrected chi connectivity index (χ2v) is 6.21. The summed E-state index contributed by atoms with van der Waals surface area (Å²) < 4.78 is 0. The predicted molar refractivity (Wildman–Crippen MR) is 88.9 cm³/mol. The van der Waals surface area contributed by atoms with E-state index in [1.54, 1.807) is 11.3 Å². The molecule has 2 N–H and O–H groups in total. The smallest absolute Gasteiger partial charge is 0.107 e. The molecule has 0 spiro atoms. The molecule has 0 saturated heterocycles. The molecule has 1 unspecified atom stereocenters. The summed E-state index contributed by atoms with van der Waals surface area (Å²) in [6.07, 6.45) is -0.612. The molecule has 2 aromatic carbocycles. The van der Waals surface area contributed by atoms with Gasteiger partial charge in [0, 0.05) is 16.6 Å². The van der Waals surface area contributed by atoms with Crippen molar-refractivity contribution in [3.05, 3.63) is 70.7 Å². The zero-order valence-corrected chi connectivity index (χ0v) is 12.4. The lowest BCUT2D eigenvalue weighted by Gasteiger charge is -2.14. The van der Waals surface area contributed by atoms with Crippen molar-refractivity contribution in [3.63, 3.8) is 0 Å². The van der Waals surface area contributed by atoms with E-state index in [4.69, 9.17) is 0 Å². The van der Waals surface area contributed by atoms with Gasteiger partial charge in [-0.2, -0.15) is 0 Å². The molecule has 104 valence electrons. The molecule has 0 fully saturated rings. The molecule has 0 aliphatic carbocycles. The standard InChI is InChI=1S/C18H15NOS/c1-11-16(15-9-10-21-18(15)19-11)17(20)14-8-4-6-12-5-2-3-7-13(12)14/h2-10,17,19-20H,1H3. The van der Waals surface area contributed by atoms with Gasteiger partial charge >= 0.3 is 0 Å². The summed E-state index contributed by atoms with van der Waals surface area (Å²) >= 11 is 1.67. The van der Waals surface area contributed by atoms with E-state index < -0.39 is 6.10 Å². The number of aliphatic hydroxyl groups is 1. The van der Waals surface area contributed by atoms with Crippen molar-refractivity contribution >= 4 is 32.3 Å². The predicted octanol–water partition coefficient (Wildman–Crippen LogP) is 4.77. The van der Waals surface area contributed by atoms with Crippen LogP contribution in [0.4, 0.5) is 0 Å². The van der Waals surface area contributed by atoms with Crippen LogP contribution in [0.15, 0.2) is 53.9 Å². The maximum absolute atomic E-state index is 11.0. The maximum Gasteiger partial charge on any atom is 0.107 e. The van der Waals surface area contributed by atoms with E-state index in [1.165, 1.54) is 0 Å². The van der Waals surface area contributed by atoms with Crippen LogP contribution in [0.5, 0.6) is 0 Å². The quantitative estimate of drug-likeness (QED) is 0.548. The Morgan fingerprint density at radius 3 is 2.71 bits per heavy atom. The number of benzene rings is 2. The highest BCUT2D eigenvalue weighted by Crippen LogP contribution is 2.36. The Kier molecular flexibility index (Phi) is 2.84. The van der Waals surface area contributed by atoms with Gasteiger partial charge in [0.2, 0.25) is 0 Å². The Balaban J connectivity index is 1.96. The molecule has 0 saturated carbocycles. The molecule has 0 aliphatic rings. The van der Waals surface area contributed by atoms with Crippen LogP contribution in [-0.2, 0) is 0 Å². The zero-order chi connectivity index (χ0) is 14.4. The van der Waals surface area contributed by atoms with Crippen molar-refractivity contribution in [2.75, 3.05) is 0 Å². The number of nitrogens with one attached hydrogen (secondary N) is 1. The first-order chi connectivity index (χ1) is 10.3. The van der Waals surface area contributed by atoms with Gasteiger partial charge in [-0.15, -0.1) is 11.3 Å².